The second-order valence-electron chi connectivity index (χ2n) is 7.77. The van der Waals surface area contributed by atoms with Crippen LogP contribution < -0.4 is 15.8 Å². The first-order valence-electron chi connectivity index (χ1n) is 10.6. The summed E-state index contributed by atoms with van der Waals surface area (Å²) in [6.07, 6.45) is 0.391. The molecule has 166 valence electrons. The molecule has 1 aliphatic heterocycles. The maximum atomic E-state index is 12.8. The summed E-state index contributed by atoms with van der Waals surface area (Å²) in [5.74, 6) is -1.41. The number of nitrogens with zero attached hydrogens (tertiary/aromatic N) is 2. The number of hydrogen-bond donors (Lipinski definition) is 2. The van der Waals surface area contributed by atoms with Crippen LogP contribution in [-0.2, 0) is 16.1 Å². The molecule has 3 rings (SSSR count). The van der Waals surface area contributed by atoms with Gasteiger partial charge in [-0.15, -0.1) is 0 Å². The molecule has 0 spiro atoms. The number of rotatable bonds is 7. The number of hydrazine groups is 1. The maximum absolute atomic E-state index is 12.8. The van der Waals surface area contributed by atoms with Crippen LogP contribution in [0.3, 0.4) is 0 Å². The first kappa shape index (κ1) is 22.6. The SMILES string of the molecule is CCN(CC)Cc1ccc(C(=O)NNC(=O)C2CCN(c3ccc(C)c(C)c3)C2=O)o1. The van der Waals surface area contributed by atoms with E-state index in [9.17, 15) is 14.4 Å². The van der Waals surface area contributed by atoms with Crippen molar-refractivity contribution in [2.45, 2.75) is 40.7 Å². The normalized spacial score (nSPS) is 16.1. The highest BCUT2D eigenvalue weighted by Gasteiger charge is 2.38. The minimum atomic E-state index is -0.836. The summed E-state index contributed by atoms with van der Waals surface area (Å²) in [7, 11) is 0. The van der Waals surface area contributed by atoms with Crippen molar-refractivity contribution in [1.29, 1.82) is 0 Å². The van der Waals surface area contributed by atoms with Crippen LogP contribution in [0.4, 0.5) is 5.69 Å². The van der Waals surface area contributed by atoms with Crippen molar-refractivity contribution in [3.8, 4) is 0 Å². The van der Waals surface area contributed by atoms with Crippen LogP contribution in [0.25, 0.3) is 0 Å². The highest BCUT2D eigenvalue weighted by Crippen LogP contribution is 2.27. The second kappa shape index (κ2) is 9.78. The molecule has 3 amide bonds. The molecule has 1 atom stereocenters. The number of nitrogens with one attached hydrogen (secondary N) is 2. The van der Waals surface area contributed by atoms with E-state index in [0.717, 1.165) is 29.9 Å². The van der Waals surface area contributed by atoms with Gasteiger partial charge in [-0.05, 0) is 68.8 Å². The first-order chi connectivity index (χ1) is 14.8. The third-order valence-electron chi connectivity index (χ3n) is 5.78. The molecule has 31 heavy (non-hydrogen) atoms. The molecule has 0 saturated carbocycles. The standard InChI is InChI=1S/C23H30N4O4/c1-5-26(6-2)14-18-9-10-20(31-18)22(29)25-24-21(28)19-11-12-27(23(19)30)17-8-7-15(3)16(4)13-17/h7-10,13,19H,5-6,11-12,14H2,1-4H3,(H,24,28)(H,25,29). The molecular weight excluding hydrogens is 396 g/mol. The van der Waals surface area contributed by atoms with E-state index in [2.05, 4.69) is 29.6 Å². The maximum Gasteiger partial charge on any atom is 0.305 e. The van der Waals surface area contributed by atoms with E-state index in [1.54, 1.807) is 17.0 Å². The van der Waals surface area contributed by atoms with Crippen LogP contribution in [0.1, 0.15) is 47.7 Å². The van der Waals surface area contributed by atoms with E-state index < -0.39 is 17.7 Å². The largest absolute Gasteiger partial charge is 0.454 e. The lowest BCUT2D eigenvalue weighted by atomic mass is 10.1. The molecule has 0 bridgehead atoms. The Morgan fingerprint density at radius 3 is 2.52 bits per heavy atom. The quantitative estimate of drug-likeness (QED) is 0.524. The number of amides is 3. The fourth-order valence-corrected chi connectivity index (χ4v) is 3.59. The molecule has 2 heterocycles. The van der Waals surface area contributed by atoms with Gasteiger partial charge in [0.2, 0.25) is 5.91 Å². The smallest absolute Gasteiger partial charge is 0.305 e. The minimum Gasteiger partial charge on any atom is -0.454 e. The zero-order chi connectivity index (χ0) is 22.5. The monoisotopic (exact) mass is 426 g/mol. The van der Waals surface area contributed by atoms with E-state index in [1.165, 1.54) is 0 Å². The predicted molar refractivity (Wildman–Crippen MR) is 117 cm³/mol. The molecule has 0 aliphatic carbocycles. The number of anilines is 1. The van der Waals surface area contributed by atoms with Crippen molar-refractivity contribution in [2.24, 2.45) is 5.92 Å². The molecule has 2 N–H and O–H groups in total. The number of carbonyl (C=O) groups is 3. The zero-order valence-electron chi connectivity index (χ0n) is 18.5. The van der Waals surface area contributed by atoms with Gasteiger partial charge in [-0.2, -0.15) is 0 Å². The van der Waals surface area contributed by atoms with Gasteiger partial charge in [-0.3, -0.25) is 30.1 Å². The van der Waals surface area contributed by atoms with Crippen molar-refractivity contribution in [3.63, 3.8) is 0 Å². The summed E-state index contributed by atoms with van der Waals surface area (Å²) in [5.41, 5.74) is 7.72. The molecular formula is C23H30N4O4. The van der Waals surface area contributed by atoms with Crippen LogP contribution in [-0.4, -0.2) is 42.3 Å². The highest BCUT2D eigenvalue weighted by molar-refractivity contribution is 6.10. The van der Waals surface area contributed by atoms with Gasteiger partial charge < -0.3 is 9.32 Å². The molecule has 1 fully saturated rings. The van der Waals surface area contributed by atoms with Crippen molar-refractivity contribution in [1.82, 2.24) is 15.8 Å². The third kappa shape index (κ3) is 5.14. The van der Waals surface area contributed by atoms with Crippen LogP contribution in [0.2, 0.25) is 0 Å². The Hall–Kier alpha value is -3.13. The average molecular weight is 427 g/mol. The fourth-order valence-electron chi connectivity index (χ4n) is 3.59. The fraction of sp³-hybridized carbons (Fsp3) is 0.435. The van der Waals surface area contributed by atoms with Gasteiger partial charge >= 0.3 is 5.91 Å². The van der Waals surface area contributed by atoms with E-state index in [1.807, 2.05) is 32.0 Å². The first-order valence-corrected chi connectivity index (χ1v) is 10.6. The van der Waals surface area contributed by atoms with E-state index in [0.29, 0.717) is 25.3 Å². The second-order valence-corrected chi connectivity index (χ2v) is 7.77. The Bertz CT molecular complexity index is 964. The summed E-state index contributed by atoms with van der Waals surface area (Å²) >= 11 is 0. The molecule has 1 aromatic carbocycles. The van der Waals surface area contributed by atoms with Gasteiger partial charge in [-0.1, -0.05) is 19.9 Å². The van der Waals surface area contributed by atoms with Crippen molar-refractivity contribution < 1.29 is 18.8 Å². The van der Waals surface area contributed by atoms with Gasteiger partial charge in [-0.25, -0.2) is 0 Å². The minimum absolute atomic E-state index is 0.108. The van der Waals surface area contributed by atoms with E-state index in [-0.39, 0.29) is 11.7 Å². The van der Waals surface area contributed by atoms with Crippen LogP contribution >= 0.6 is 0 Å². The third-order valence-corrected chi connectivity index (χ3v) is 5.78. The molecule has 1 aliphatic rings. The van der Waals surface area contributed by atoms with Crippen molar-refractivity contribution in [3.05, 3.63) is 53.0 Å². The van der Waals surface area contributed by atoms with Gasteiger partial charge in [0.25, 0.3) is 5.91 Å². The molecule has 8 heteroatoms. The number of benzene rings is 1. The lowest BCUT2D eigenvalue weighted by molar-refractivity contribution is -0.132. The number of carbonyl (C=O) groups excluding carboxylic acids is 3. The summed E-state index contributed by atoms with van der Waals surface area (Å²) in [4.78, 5) is 41.3. The molecule has 1 aromatic heterocycles. The molecule has 1 unspecified atom stereocenters. The number of furan rings is 1. The van der Waals surface area contributed by atoms with Gasteiger partial charge in [0.15, 0.2) is 5.76 Å². The molecule has 1 saturated heterocycles. The van der Waals surface area contributed by atoms with Gasteiger partial charge in [0, 0.05) is 12.2 Å². The molecule has 0 radical (unpaired) electrons. The number of hydrogen-bond acceptors (Lipinski definition) is 5. The molecule has 8 nitrogen and oxygen atoms in total. The lowest BCUT2D eigenvalue weighted by Gasteiger charge is -2.18. The summed E-state index contributed by atoms with van der Waals surface area (Å²) in [6, 6.07) is 9.11. The van der Waals surface area contributed by atoms with Crippen LogP contribution in [0.5, 0.6) is 0 Å². The van der Waals surface area contributed by atoms with Gasteiger partial charge in [0.05, 0.1) is 6.54 Å². The Labute approximate surface area is 182 Å². The Kier molecular flexibility index (Phi) is 7.12. The predicted octanol–water partition coefficient (Wildman–Crippen LogP) is 2.55. The average Bonchev–Trinajstić information content (AvgIpc) is 3.38. The van der Waals surface area contributed by atoms with Gasteiger partial charge in [0.1, 0.15) is 11.7 Å². The van der Waals surface area contributed by atoms with E-state index in [4.69, 9.17) is 4.42 Å². The zero-order valence-corrected chi connectivity index (χ0v) is 18.5. The Morgan fingerprint density at radius 1 is 1.10 bits per heavy atom. The Morgan fingerprint density at radius 2 is 1.84 bits per heavy atom. The highest BCUT2D eigenvalue weighted by atomic mass is 16.4. The van der Waals surface area contributed by atoms with Crippen LogP contribution in [0.15, 0.2) is 34.7 Å². The molecule has 2 aromatic rings. The summed E-state index contributed by atoms with van der Waals surface area (Å²) in [5, 5.41) is 0. The lowest BCUT2D eigenvalue weighted by Crippen LogP contribution is -2.46. The van der Waals surface area contributed by atoms with E-state index >= 15 is 0 Å². The topological polar surface area (TPSA) is 94.9 Å². The summed E-state index contributed by atoms with van der Waals surface area (Å²) in [6.45, 7) is 10.9. The summed E-state index contributed by atoms with van der Waals surface area (Å²) < 4.78 is 5.57. The van der Waals surface area contributed by atoms with Crippen molar-refractivity contribution >= 4 is 23.4 Å². The van der Waals surface area contributed by atoms with Crippen LogP contribution in [0, 0.1) is 19.8 Å². The number of aryl methyl sites for hydroxylation is 2. The van der Waals surface area contributed by atoms with Crippen molar-refractivity contribution in [2.75, 3.05) is 24.5 Å². The Balaban J connectivity index is 1.55.